The fourth-order valence-electron chi connectivity index (χ4n) is 1.24. The summed E-state index contributed by atoms with van der Waals surface area (Å²) in [5.41, 5.74) is 1.52. The van der Waals surface area contributed by atoms with Crippen LogP contribution in [0.2, 0.25) is 0 Å². The fraction of sp³-hybridized carbons (Fsp3) is 0.364. The maximum Gasteiger partial charge on any atom is 0.234 e. The van der Waals surface area contributed by atoms with Crippen molar-refractivity contribution < 1.29 is 14.4 Å². The van der Waals surface area contributed by atoms with Crippen LogP contribution in [0.15, 0.2) is 23.4 Å². The zero-order chi connectivity index (χ0) is 12.0. The highest BCUT2D eigenvalue weighted by atomic mass is 32.2. The van der Waals surface area contributed by atoms with E-state index < -0.39 is 0 Å². The molecule has 0 aromatic rings. The third kappa shape index (κ3) is 4.44. The van der Waals surface area contributed by atoms with Gasteiger partial charge in [0.05, 0.1) is 5.75 Å². The van der Waals surface area contributed by atoms with Gasteiger partial charge in [0.25, 0.3) is 0 Å². The molecule has 0 fully saturated rings. The SMILES string of the molecule is CC(=O)SCC(=O)NC1=CC=C(C=O)CC1. The number of hydrogen-bond acceptors (Lipinski definition) is 4. The van der Waals surface area contributed by atoms with Gasteiger partial charge < -0.3 is 5.32 Å². The Kier molecular flexibility index (Phi) is 4.98. The lowest BCUT2D eigenvalue weighted by atomic mass is 10.0. The summed E-state index contributed by atoms with van der Waals surface area (Å²) in [7, 11) is 0. The van der Waals surface area contributed by atoms with E-state index in [-0.39, 0.29) is 16.8 Å². The van der Waals surface area contributed by atoms with Crippen LogP contribution in [0.1, 0.15) is 19.8 Å². The molecule has 0 unspecified atom stereocenters. The van der Waals surface area contributed by atoms with Gasteiger partial charge >= 0.3 is 0 Å². The maximum atomic E-state index is 11.4. The highest BCUT2D eigenvalue weighted by Gasteiger charge is 2.09. The first-order chi connectivity index (χ1) is 7.61. The van der Waals surface area contributed by atoms with Crippen molar-refractivity contribution in [3.05, 3.63) is 23.4 Å². The van der Waals surface area contributed by atoms with Crippen molar-refractivity contribution in [1.29, 1.82) is 0 Å². The average molecular weight is 239 g/mol. The number of aldehydes is 1. The summed E-state index contributed by atoms with van der Waals surface area (Å²) in [5, 5.41) is 2.63. The summed E-state index contributed by atoms with van der Waals surface area (Å²) in [6, 6.07) is 0. The van der Waals surface area contributed by atoms with E-state index in [9.17, 15) is 14.4 Å². The van der Waals surface area contributed by atoms with Crippen molar-refractivity contribution in [1.82, 2.24) is 5.32 Å². The van der Waals surface area contributed by atoms with Gasteiger partial charge in [0.15, 0.2) is 5.12 Å². The molecular formula is C11H13NO3S. The van der Waals surface area contributed by atoms with Gasteiger partial charge in [-0.1, -0.05) is 17.8 Å². The quantitative estimate of drug-likeness (QED) is 0.748. The van der Waals surface area contributed by atoms with Crippen LogP contribution >= 0.6 is 11.8 Å². The van der Waals surface area contributed by atoms with E-state index in [1.54, 1.807) is 12.2 Å². The number of nitrogens with one attached hydrogen (secondary N) is 1. The Morgan fingerprint density at radius 1 is 1.44 bits per heavy atom. The van der Waals surface area contributed by atoms with Gasteiger partial charge in [0.2, 0.25) is 5.91 Å². The van der Waals surface area contributed by atoms with Crippen LogP contribution in [-0.2, 0) is 14.4 Å². The first kappa shape index (κ1) is 12.7. The zero-order valence-corrected chi connectivity index (χ0v) is 9.80. The van der Waals surface area contributed by atoms with Gasteiger partial charge in [-0.05, 0) is 24.5 Å². The van der Waals surface area contributed by atoms with Crippen LogP contribution in [0.3, 0.4) is 0 Å². The van der Waals surface area contributed by atoms with E-state index in [1.807, 2.05) is 0 Å². The standard InChI is InChI=1S/C11H13NO3S/c1-8(14)16-7-11(15)12-10-4-2-9(6-13)3-5-10/h2,4,6H,3,5,7H2,1H3,(H,12,15). The third-order valence-electron chi connectivity index (χ3n) is 2.04. The molecule has 1 N–H and O–H groups in total. The Bertz CT molecular complexity index is 371. The minimum Gasteiger partial charge on any atom is -0.329 e. The first-order valence-electron chi connectivity index (χ1n) is 4.90. The van der Waals surface area contributed by atoms with E-state index in [4.69, 9.17) is 0 Å². The van der Waals surface area contributed by atoms with Crippen molar-refractivity contribution in [2.24, 2.45) is 0 Å². The van der Waals surface area contributed by atoms with E-state index >= 15 is 0 Å². The molecule has 0 saturated heterocycles. The predicted molar refractivity (Wildman–Crippen MR) is 62.7 cm³/mol. The molecule has 5 heteroatoms. The molecule has 86 valence electrons. The molecule has 0 aliphatic heterocycles. The molecule has 0 heterocycles. The fourth-order valence-corrected chi connectivity index (χ4v) is 1.64. The normalized spacial score (nSPS) is 14.8. The molecule has 16 heavy (non-hydrogen) atoms. The van der Waals surface area contributed by atoms with E-state index in [1.165, 1.54) is 6.92 Å². The van der Waals surface area contributed by atoms with Gasteiger partial charge in [-0.2, -0.15) is 0 Å². The lowest BCUT2D eigenvalue weighted by Gasteiger charge is -2.12. The Hall–Kier alpha value is -1.36. The molecule has 0 bridgehead atoms. The molecule has 4 nitrogen and oxygen atoms in total. The highest BCUT2D eigenvalue weighted by molar-refractivity contribution is 8.14. The lowest BCUT2D eigenvalue weighted by Crippen LogP contribution is -2.25. The summed E-state index contributed by atoms with van der Waals surface area (Å²) in [6.45, 7) is 1.43. The molecule has 0 aromatic heterocycles. The van der Waals surface area contributed by atoms with Gasteiger partial charge in [-0.25, -0.2) is 0 Å². The molecule has 1 amide bonds. The summed E-state index contributed by atoms with van der Waals surface area (Å²) in [4.78, 5) is 32.4. The molecule has 0 radical (unpaired) electrons. The Balaban J connectivity index is 2.41. The second-order valence-electron chi connectivity index (χ2n) is 3.38. The summed E-state index contributed by atoms with van der Waals surface area (Å²) >= 11 is 0.983. The van der Waals surface area contributed by atoms with Crippen LogP contribution in [0, 0.1) is 0 Å². The van der Waals surface area contributed by atoms with E-state index in [2.05, 4.69) is 5.32 Å². The van der Waals surface area contributed by atoms with Crippen LogP contribution in [0.4, 0.5) is 0 Å². The highest BCUT2D eigenvalue weighted by Crippen LogP contribution is 2.14. The number of thioether (sulfide) groups is 1. The van der Waals surface area contributed by atoms with Crippen molar-refractivity contribution in [2.75, 3.05) is 5.75 Å². The lowest BCUT2D eigenvalue weighted by molar-refractivity contribution is -0.118. The second kappa shape index (κ2) is 6.27. The summed E-state index contributed by atoms with van der Waals surface area (Å²) in [6.07, 6.45) is 5.55. The average Bonchev–Trinajstić information content (AvgIpc) is 2.27. The molecular weight excluding hydrogens is 226 g/mol. The number of allylic oxidation sites excluding steroid dienone is 4. The van der Waals surface area contributed by atoms with Crippen molar-refractivity contribution in [2.45, 2.75) is 19.8 Å². The minimum absolute atomic E-state index is 0.0732. The van der Waals surface area contributed by atoms with Crippen LogP contribution in [0.5, 0.6) is 0 Å². The monoisotopic (exact) mass is 239 g/mol. The van der Waals surface area contributed by atoms with Gasteiger partial charge in [0.1, 0.15) is 6.29 Å². The molecule has 1 aliphatic carbocycles. The first-order valence-corrected chi connectivity index (χ1v) is 5.88. The summed E-state index contributed by atoms with van der Waals surface area (Å²) in [5.74, 6) is -0.0499. The number of carbonyl (C=O) groups is 3. The summed E-state index contributed by atoms with van der Waals surface area (Å²) < 4.78 is 0. The minimum atomic E-state index is -0.186. The topological polar surface area (TPSA) is 63.2 Å². The largest absolute Gasteiger partial charge is 0.329 e. The molecule has 0 atom stereocenters. The van der Waals surface area contributed by atoms with Crippen molar-refractivity contribution >= 4 is 29.1 Å². The molecule has 0 aromatic carbocycles. The zero-order valence-electron chi connectivity index (χ0n) is 8.99. The Labute approximate surface area is 98.2 Å². The second-order valence-corrected chi connectivity index (χ2v) is 4.53. The maximum absolute atomic E-state index is 11.4. The van der Waals surface area contributed by atoms with Crippen LogP contribution < -0.4 is 5.32 Å². The van der Waals surface area contributed by atoms with Gasteiger partial charge in [-0.15, -0.1) is 0 Å². The predicted octanol–water partition coefficient (Wildman–Crippen LogP) is 1.19. The molecule has 0 saturated carbocycles. The Morgan fingerprint density at radius 3 is 2.69 bits per heavy atom. The van der Waals surface area contributed by atoms with E-state index in [0.29, 0.717) is 12.8 Å². The van der Waals surface area contributed by atoms with E-state index in [0.717, 1.165) is 29.3 Å². The van der Waals surface area contributed by atoms with Crippen molar-refractivity contribution in [3.8, 4) is 0 Å². The number of rotatable bonds is 4. The molecule has 0 spiro atoms. The van der Waals surface area contributed by atoms with Gasteiger partial charge in [0, 0.05) is 12.6 Å². The van der Waals surface area contributed by atoms with Crippen LogP contribution in [0.25, 0.3) is 0 Å². The number of carbonyl (C=O) groups excluding carboxylic acids is 3. The smallest absolute Gasteiger partial charge is 0.234 e. The van der Waals surface area contributed by atoms with Crippen LogP contribution in [-0.4, -0.2) is 23.1 Å². The molecule has 1 rings (SSSR count). The third-order valence-corrected chi connectivity index (χ3v) is 2.85. The Morgan fingerprint density at radius 2 is 2.19 bits per heavy atom. The van der Waals surface area contributed by atoms with Crippen molar-refractivity contribution in [3.63, 3.8) is 0 Å². The molecule has 1 aliphatic rings. The van der Waals surface area contributed by atoms with Gasteiger partial charge in [-0.3, -0.25) is 14.4 Å². The number of amides is 1. The number of hydrogen-bond donors (Lipinski definition) is 1.